The third kappa shape index (κ3) is 5.68. The van der Waals surface area contributed by atoms with Crippen molar-refractivity contribution < 1.29 is 29.0 Å². The summed E-state index contributed by atoms with van der Waals surface area (Å²) in [5, 5.41) is 22.4. The predicted octanol–water partition coefficient (Wildman–Crippen LogP) is 4.67. The number of nitrogens with one attached hydrogen (secondary N) is 3. The van der Waals surface area contributed by atoms with E-state index < -0.39 is 29.7 Å². The lowest BCUT2D eigenvalue weighted by atomic mass is 9.98. The number of carbonyl (C=O) groups excluding carboxylic acids is 3. The summed E-state index contributed by atoms with van der Waals surface area (Å²) in [5.74, 6) is -2.15. The third-order valence-corrected chi connectivity index (χ3v) is 7.77. The molecular formula is C33H28N6O6. The minimum absolute atomic E-state index is 0.0121. The summed E-state index contributed by atoms with van der Waals surface area (Å²) in [6, 6.07) is 19.8. The molecule has 1 aliphatic carbocycles. The van der Waals surface area contributed by atoms with Crippen LogP contribution in [0, 0.1) is 6.92 Å². The Morgan fingerprint density at radius 1 is 0.889 bits per heavy atom. The first-order valence-corrected chi connectivity index (χ1v) is 14.1. The van der Waals surface area contributed by atoms with Crippen molar-refractivity contribution in [2.75, 3.05) is 17.7 Å². The van der Waals surface area contributed by atoms with Crippen LogP contribution in [0.3, 0.4) is 0 Å². The molecule has 2 heterocycles. The number of amides is 3. The first-order chi connectivity index (χ1) is 21.7. The van der Waals surface area contributed by atoms with Crippen molar-refractivity contribution in [3.8, 4) is 5.75 Å². The van der Waals surface area contributed by atoms with E-state index in [0.29, 0.717) is 35.5 Å². The van der Waals surface area contributed by atoms with E-state index >= 15 is 0 Å². The number of ether oxygens (including phenoxy) is 1. The number of carboxylic acid groups (broad SMARTS) is 1. The van der Waals surface area contributed by atoms with Crippen LogP contribution in [-0.2, 0) is 6.42 Å². The number of carboxylic acids is 1. The second kappa shape index (κ2) is 11.9. The summed E-state index contributed by atoms with van der Waals surface area (Å²) < 4.78 is 6.47. The van der Waals surface area contributed by atoms with Crippen molar-refractivity contribution in [2.24, 2.45) is 0 Å². The van der Waals surface area contributed by atoms with Crippen LogP contribution in [0.1, 0.15) is 70.8 Å². The minimum atomic E-state index is -1.01. The second-order valence-corrected chi connectivity index (χ2v) is 10.5. The van der Waals surface area contributed by atoms with Crippen molar-refractivity contribution >= 4 is 40.7 Å². The van der Waals surface area contributed by atoms with Crippen molar-refractivity contribution in [1.29, 1.82) is 0 Å². The third-order valence-electron chi connectivity index (χ3n) is 7.77. The molecule has 0 bridgehead atoms. The van der Waals surface area contributed by atoms with Crippen LogP contribution in [-0.4, -0.2) is 50.5 Å². The Kier molecular flexibility index (Phi) is 7.69. The number of anilines is 2. The lowest BCUT2D eigenvalue weighted by Crippen LogP contribution is -2.30. The van der Waals surface area contributed by atoms with Gasteiger partial charge in [-0.3, -0.25) is 14.4 Å². The van der Waals surface area contributed by atoms with E-state index in [4.69, 9.17) is 4.74 Å². The lowest BCUT2D eigenvalue weighted by Gasteiger charge is -2.16. The van der Waals surface area contributed by atoms with Crippen LogP contribution in [0.4, 0.5) is 11.4 Å². The molecule has 3 aromatic carbocycles. The maximum absolute atomic E-state index is 13.8. The smallest absolute Gasteiger partial charge is 0.335 e. The number of hydrogen-bond acceptors (Lipinski definition) is 7. The molecule has 226 valence electrons. The van der Waals surface area contributed by atoms with Crippen molar-refractivity contribution in [3.05, 3.63) is 118 Å². The molecule has 0 saturated heterocycles. The summed E-state index contributed by atoms with van der Waals surface area (Å²) in [4.78, 5) is 56.6. The van der Waals surface area contributed by atoms with E-state index in [1.165, 1.54) is 30.0 Å². The summed E-state index contributed by atoms with van der Waals surface area (Å²) in [6.07, 6.45) is 2.45. The number of aromatic nitrogens is 3. The van der Waals surface area contributed by atoms with Gasteiger partial charge in [-0.05, 0) is 66.8 Å². The van der Waals surface area contributed by atoms with Crippen LogP contribution < -0.4 is 20.7 Å². The van der Waals surface area contributed by atoms with E-state index in [1.54, 1.807) is 61.5 Å². The zero-order valence-corrected chi connectivity index (χ0v) is 24.3. The largest absolute Gasteiger partial charge is 0.497 e. The molecule has 1 atom stereocenters. The monoisotopic (exact) mass is 604 g/mol. The molecule has 12 heteroatoms. The van der Waals surface area contributed by atoms with Crippen LogP contribution in [0.15, 0.2) is 79.0 Å². The van der Waals surface area contributed by atoms with Gasteiger partial charge in [0.05, 0.1) is 24.9 Å². The highest BCUT2D eigenvalue weighted by Crippen LogP contribution is 2.35. The zero-order chi connectivity index (χ0) is 31.7. The zero-order valence-electron chi connectivity index (χ0n) is 24.3. The van der Waals surface area contributed by atoms with Gasteiger partial charge in [-0.25, -0.2) is 14.3 Å². The van der Waals surface area contributed by atoms with Gasteiger partial charge in [0.1, 0.15) is 22.7 Å². The molecule has 12 nitrogen and oxygen atoms in total. The van der Waals surface area contributed by atoms with Crippen LogP contribution >= 0.6 is 0 Å². The molecule has 0 radical (unpaired) electrons. The SMILES string of the molecule is COc1cccc(NC(=O)c2cc(C(=O)N[C@H]3CCc4c3ccc(C(=O)O)c4C)n3ncc(C(=O)Nc4ccccc4)c3n2)c1. The van der Waals surface area contributed by atoms with E-state index in [-0.39, 0.29) is 28.2 Å². The van der Waals surface area contributed by atoms with Gasteiger partial charge in [-0.2, -0.15) is 5.10 Å². The highest BCUT2D eigenvalue weighted by atomic mass is 16.5. The topological polar surface area (TPSA) is 164 Å². The lowest BCUT2D eigenvalue weighted by molar-refractivity contribution is 0.0695. The number of nitrogens with zero attached hydrogens (tertiary/aromatic N) is 3. The first-order valence-electron chi connectivity index (χ1n) is 14.1. The summed E-state index contributed by atoms with van der Waals surface area (Å²) in [7, 11) is 1.51. The molecule has 2 aromatic heterocycles. The van der Waals surface area contributed by atoms with Crippen molar-refractivity contribution in [2.45, 2.75) is 25.8 Å². The standard InChI is InChI=1S/C33H28N6O6/c1-18-22-13-14-26(24(22)12-11-23(18)33(43)44)38-32(42)28-16-27(31(41)36-20-9-6-10-21(15-20)45-2)37-29-25(17-34-39(28)29)30(40)35-19-7-4-3-5-8-19/h3-12,15-17,26H,13-14H2,1-2H3,(H,35,40)(H,36,41)(H,38,42)(H,43,44)/t26-/m0/s1. The maximum Gasteiger partial charge on any atom is 0.335 e. The molecule has 0 saturated carbocycles. The molecule has 5 aromatic rings. The molecule has 4 N–H and O–H groups in total. The molecule has 3 amide bonds. The maximum atomic E-state index is 13.8. The minimum Gasteiger partial charge on any atom is -0.497 e. The summed E-state index contributed by atoms with van der Waals surface area (Å²) in [5.41, 5.74) is 3.55. The Labute approximate surface area is 257 Å². The average Bonchev–Trinajstić information content (AvgIpc) is 3.66. The van der Waals surface area contributed by atoms with Crippen molar-refractivity contribution in [1.82, 2.24) is 19.9 Å². The van der Waals surface area contributed by atoms with Gasteiger partial charge >= 0.3 is 5.97 Å². The fraction of sp³-hybridized carbons (Fsp3) is 0.152. The van der Waals surface area contributed by atoms with Gasteiger partial charge in [-0.1, -0.05) is 30.3 Å². The first kappa shape index (κ1) is 29.1. The van der Waals surface area contributed by atoms with Crippen molar-refractivity contribution in [3.63, 3.8) is 0 Å². The predicted molar refractivity (Wildman–Crippen MR) is 165 cm³/mol. The molecular weight excluding hydrogens is 576 g/mol. The Morgan fingerprint density at radius 3 is 2.40 bits per heavy atom. The normalized spacial score (nSPS) is 13.6. The van der Waals surface area contributed by atoms with Crippen LogP contribution in [0.25, 0.3) is 5.65 Å². The molecule has 1 aliphatic rings. The molecule has 0 aliphatic heterocycles. The molecule has 0 spiro atoms. The number of aromatic carboxylic acids is 1. The number of fused-ring (bicyclic) bond motifs is 2. The highest BCUT2D eigenvalue weighted by Gasteiger charge is 2.29. The number of para-hydroxylation sites is 1. The Hall–Kier alpha value is -6.04. The Morgan fingerprint density at radius 2 is 1.64 bits per heavy atom. The quantitative estimate of drug-likeness (QED) is 0.199. The fourth-order valence-electron chi connectivity index (χ4n) is 5.51. The van der Waals surface area contributed by atoms with Crippen LogP contribution in [0.2, 0.25) is 0 Å². The van der Waals surface area contributed by atoms with E-state index in [2.05, 4.69) is 26.0 Å². The highest BCUT2D eigenvalue weighted by molar-refractivity contribution is 6.10. The van der Waals surface area contributed by atoms with E-state index in [1.807, 2.05) is 6.07 Å². The van der Waals surface area contributed by atoms with Gasteiger partial charge in [0.2, 0.25) is 0 Å². The number of benzene rings is 3. The molecule has 0 unspecified atom stereocenters. The average molecular weight is 605 g/mol. The summed E-state index contributed by atoms with van der Waals surface area (Å²) >= 11 is 0. The molecule has 6 rings (SSSR count). The molecule has 0 fully saturated rings. The number of methoxy groups -OCH3 is 1. The van der Waals surface area contributed by atoms with Gasteiger partial charge in [0.15, 0.2) is 5.65 Å². The van der Waals surface area contributed by atoms with Gasteiger partial charge in [0.25, 0.3) is 17.7 Å². The van der Waals surface area contributed by atoms with E-state index in [0.717, 1.165) is 11.1 Å². The fourth-order valence-corrected chi connectivity index (χ4v) is 5.51. The number of rotatable bonds is 8. The Bertz CT molecular complexity index is 1990. The summed E-state index contributed by atoms with van der Waals surface area (Å²) in [6.45, 7) is 1.76. The number of carbonyl (C=O) groups is 4. The van der Waals surface area contributed by atoms with Gasteiger partial charge in [-0.15, -0.1) is 0 Å². The molecule has 45 heavy (non-hydrogen) atoms. The van der Waals surface area contributed by atoms with Crippen LogP contribution in [0.5, 0.6) is 5.75 Å². The van der Waals surface area contributed by atoms with E-state index in [9.17, 15) is 24.3 Å². The van der Waals surface area contributed by atoms with Gasteiger partial charge < -0.3 is 25.8 Å². The number of hydrogen-bond donors (Lipinski definition) is 4. The Balaban J connectivity index is 1.37. The second-order valence-electron chi connectivity index (χ2n) is 10.5. The van der Waals surface area contributed by atoms with Gasteiger partial charge in [0, 0.05) is 23.5 Å².